The number of oxazole rings is 1. The Labute approximate surface area is 130 Å². The van der Waals surface area contributed by atoms with Gasteiger partial charge in [0.15, 0.2) is 5.58 Å². The van der Waals surface area contributed by atoms with Gasteiger partial charge in [0.1, 0.15) is 5.52 Å². The number of benzene rings is 2. The largest absolute Gasteiger partial charge is 0.439 e. The van der Waals surface area contributed by atoms with Crippen molar-refractivity contribution in [2.24, 2.45) is 0 Å². The summed E-state index contributed by atoms with van der Waals surface area (Å²) in [7, 11) is 0. The van der Waals surface area contributed by atoms with Crippen molar-refractivity contribution in [1.82, 2.24) is 10.3 Å². The highest BCUT2D eigenvalue weighted by molar-refractivity contribution is 9.10. The lowest BCUT2D eigenvalue weighted by Crippen LogP contribution is -2.24. The van der Waals surface area contributed by atoms with E-state index in [0.29, 0.717) is 18.9 Å². The van der Waals surface area contributed by atoms with E-state index in [0.717, 1.165) is 21.1 Å². The normalized spacial score (nSPS) is 10.7. The summed E-state index contributed by atoms with van der Waals surface area (Å²) in [4.78, 5) is 16.2. The van der Waals surface area contributed by atoms with Crippen molar-refractivity contribution < 1.29 is 9.21 Å². The summed E-state index contributed by atoms with van der Waals surface area (Å²) in [5.41, 5.74) is 2.50. The molecule has 1 N–H and O–H groups in total. The molecule has 1 amide bonds. The van der Waals surface area contributed by atoms with E-state index in [-0.39, 0.29) is 5.91 Å². The van der Waals surface area contributed by atoms with Gasteiger partial charge >= 0.3 is 0 Å². The predicted molar refractivity (Wildman–Crippen MR) is 83.7 cm³/mol. The van der Waals surface area contributed by atoms with Gasteiger partial charge in [-0.15, -0.1) is 0 Å². The van der Waals surface area contributed by atoms with Gasteiger partial charge in [-0.05, 0) is 29.8 Å². The Balaban J connectivity index is 1.59. The SMILES string of the molecule is O=C(Cc1ccc(Br)cc1)NCc1nc2ccccc2o1. The number of fused-ring (bicyclic) bond motifs is 1. The van der Waals surface area contributed by atoms with Crippen molar-refractivity contribution in [2.75, 3.05) is 0 Å². The van der Waals surface area contributed by atoms with Crippen LogP contribution in [0.3, 0.4) is 0 Å². The van der Waals surface area contributed by atoms with Crippen molar-refractivity contribution in [3.05, 3.63) is 64.5 Å². The molecular formula is C16H13BrN2O2. The monoisotopic (exact) mass is 344 g/mol. The number of nitrogens with zero attached hydrogens (tertiary/aromatic N) is 1. The number of carbonyl (C=O) groups is 1. The molecular weight excluding hydrogens is 332 g/mol. The molecule has 0 aliphatic rings. The number of hydrogen-bond donors (Lipinski definition) is 1. The predicted octanol–water partition coefficient (Wildman–Crippen LogP) is 3.45. The Morgan fingerprint density at radius 3 is 2.67 bits per heavy atom. The van der Waals surface area contributed by atoms with Crippen molar-refractivity contribution >= 4 is 32.9 Å². The zero-order valence-corrected chi connectivity index (χ0v) is 12.8. The summed E-state index contributed by atoms with van der Waals surface area (Å²) in [5, 5.41) is 2.82. The third kappa shape index (κ3) is 3.49. The third-order valence-corrected chi connectivity index (χ3v) is 3.58. The lowest BCUT2D eigenvalue weighted by molar-refractivity contribution is -0.120. The molecule has 0 saturated heterocycles. The van der Waals surface area contributed by atoms with Crippen LogP contribution in [0, 0.1) is 0 Å². The highest BCUT2D eigenvalue weighted by atomic mass is 79.9. The average Bonchev–Trinajstić information content (AvgIpc) is 2.90. The molecule has 0 unspecified atom stereocenters. The average molecular weight is 345 g/mol. The molecule has 106 valence electrons. The van der Waals surface area contributed by atoms with E-state index >= 15 is 0 Å². The lowest BCUT2D eigenvalue weighted by Gasteiger charge is -2.03. The van der Waals surface area contributed by atoms with Gasteiger partial charge in [0.2, 0.25) is 11.8 Å². The number of amides is 1. The molecule has 0 bridgehead atoms. The van der Waals surface area contributed by atoms with Crippen LogP contribution in [0.1, 0.15) is 11.5 Å². The molecule has 0 radical (unpaired) electrons. The van der Waals surface area contributed by atoms with E-state index in [1.54, 1.807) is 0 Å². The number of nitrogens with one attached hydrogen (secondary N) is 1. The van der Waals surface area contributed by atoms with Gasteiger partial charge in [0.25, 0.3) is 0 Å². The van der Waals surface area contributed by atoms with Gasteiger partial charge < -0.3 is 9.73 Å². The molecule has 0 aliphatic carbocycles. The van der Waals surface area contributed by atoms with Crippen molar-refractivity contribution in [2.45, 2.75) is 13.0 Å². The quantitative estimate of drug-likeness (QED) is 0.788. The molecule has 2 aromatic carbocycles. The van der Waals surface area contributed by atoms with E-state index in [4.69, 9.17) is 4.42 Å². The van der Waals surface area contributed by atoms with Crippen LogP contribution in [-0.2, 0) is 17.8 Å². The highest BCUT2D eigenvalue weighted by Crippen LogP contribution is 2.14. The van der Waals surface area contributed by atoms with Crippen LogP contribution in [0.25, 0.3) is 11.1 Å². The molecule has 4 nitrogen and oxygen atoms in total. The molecule has 1 heterocycles. The molecule has 0 fully saturated rings. The fourth-order valence-electron chi connectivity index (χ4n) is 2.02. The number of aromatic nitrogens is 1. The molecule has 21 heavy (non-hydrogen) atoms. The topological polar surface area (TPSA) is 55.1 Å². The number of carbonyl (C=O) groups excluding carboxylic acids is 1. The van der Waals surface area contributed by atoms with Crippen molar-refractivity contribution in [1.29, 1.82) is 0 Å². The maximum absolute atomic E-state index is 11.9. The van der Waals surface area contributed by atoms with Gasteiger partial charge in [0, 0.05) is 4.47 Å². The second kappa shape index (κ2) is 6.10. The van der Waals surface area contributed by atoms with E-state index < -0.39 is 0 Å². The number of para-hydroxylation sites is 2. The maximum Gasteiger partial charge on any atom is 0.224 e. The Morgan fingerprint density at radius 1 is 1.14 bits per heavy atom. The molecule has 0 atom stereocenters. The first kappa shape index (κ1) is 13.8. The minimum Gasteiger partial charge on any atom is -0.439 e. The molecule has 5 heteroatoms. The first-order valence-electron chi connectivity index (χ1n) is 6.56. The number of rotatable bonds is 4. The van der Waals surface area contributed by atoms with Crippen molar-refractivity contribution in [3.63, 3.8) is 0 Å². The molecule has 0 aliphatic heterocycles. The van der Waals surface area contributed by atoms with Crippen LogP contribution in [0.5, 0.6) is 0 Å². The molecule has 0 spiro atoms. The number of halogens is 1. The summed E-state index contributed by atoms with van der Waals surface area (Å²) in [5.74, 6) is 0.458. The van der Waals surface area contributed by atoms with Gasteiger partial charge in [-0.2, -0.15) is 0 Å². The van der Waals surface area contributed by atoms with Crippen LogP contribution in [0.2, 0.25) is 0 Å². The van der Waals surface area contributed by atoms with Crippen molar-refractivity contribution in [3.8, 4) is 0 Å². The fraction of sp³-hybridized carbons (Fsp3) is 0.125. The smallest absolute Gasteiger partial charge is 0.224 e. The van der Waals surface area contributed by atoms with Gasteiger partial charge in [-0.1, -0.05) is 40.2 Å². The van der Waals surface area contributed by atoms with E-state index in [1.165, 1.54) is 0 Å². The van der Waals surface area contributed by atoms with Crippen LogP contribution in [0.4, 0.5) is 0 Å². The van der Waals surface area contributed by atoms with Crippen LogP contribution < -0.4 is 5.32 Å². The zero-order chi connectivity index (χ0) is 14.7. The third-order valence-electron chi connectivity index (χ3n) is 3.05. The highest BCUT2D eigenvalue weighted by Gasteiger charge is 2.07. The van der Waals surface area contributed by atoms with Crippen LogP contribution in [-0.4, -0.2) is 10.9 Å². The summed E-state index contributed by atoms with van der Waals surface area (Å²) < 4.78 is 6.55. The van der Waals surface area contributed by atoms with Crippen LogP contribution in [0.15, 0.2) is 57.4 Å². The second-order valence-corrected chi connectivity index (χ2v) is 5.57. The summed E-state index contributed by atoms with van der Waals surface area (Å²) in [6.07, 6.45) is 0.341. The Bertz CT molecular complexity index is 732. The van der Waals surface area contributed by atoms with E-state index in [1.807, 2.05) is 48.5 Å². The van der Waals surface area contributed by atoms with Crippen LogP contribution >= 0.6 is 15.9 Å². The Hall–Kier alpha value is -2.14. The van der Waals surface area contributed by atoms with Gasteiger partial charge in [-0.25, -0.2) is 4.98 Å². The minimum absolute atomic E-state index is 0.0559. The van der Waals surface area contributed by atoms with Gasteiger partial charge in [-0.3, -0.25) is 4.79 Å². The molecule has 3 rings (SSSR count). The first-order chi connectivity index (χ1) is 10.2. The Kier molecular flexibility index (Phi) is 4.01. The van der Waals surface area contributed by atoms with E-state index in [2.05, 4.69) is 26.2 Å². The molecule has 1 aromatic heterocycles. The first-order valence-corrected chi connectivity index (χ1v) is 7.35. The maximum atomic E-state index is 11.9. The lowest BCUT2D eigenvalue weighted by atomic mass is 10.1. The fourth-order valence-corrected chi connectivity index (χ4v) is 2.28. The van der Waals surface area contributed by atoms with Gasteiger partial charge in [0.05, 0.1) is 13.0 Å². The molecule has 0 saturated carbocycles. The molecule has 3 aromatic rings. The van der Waals surface area contributed by atoms with E-state index in [9.17, 15) is 4.79 Å². The zero-order valence-electron chi connectivity index (χ0n) is 11.2. The number of hydrogen-bond acceptors (Lipinski definition) is 3. The second-order valence-electron chi connectivity index (χ2n) is 4.66. The Morgan fingerprint density at radius 2 is 1.90 bits per heavy atom. The summed E-state index contributed by atoms with van der Waals surface area (Å²) >= 11 is 3.37. The summed E-state index contributed by atoms with van der Waals surface area (Å²) in [6, 6.07) is 15.2. The minimum atomic E-state index is -0.0559. The standard InChI is InChI=1S/C16H13BrN2O2/c17-12-7-5-11(6-8-12)9-15(20)18-10-16-19-13-3-1-2-4-14(13)21-16/h1-8H,9-10H2,(H,18,20). The summed E-state index contributed by atoms with van der Waals surface area (Å²) in [6.45, 7) is 0.296.